The normalized spacial score (nSPS) is 38.7. The number of esters is 1. The van der Waals surface area contributed by atoms with E-state index in [1.165, 1.54) is 14.0 Å². The zero-order chi connectivity index (χ0) is 52.6. The number of aromatic nitrogens is 1. The van der Waals surface area contributed by atoms with E-state index >= 15 is 0 Å². The Morgan fingerprint density at radius 2 is 1.70 bits per heavy atom. The second-order valence-corrected chi connectivity index (χ2v) is 22.5. The Bertz CT molecular complexity index is 1950. The van der Waals surface area contributed by atoms with Gasteiger partial charge in [-0.2, -0.15) is 0 Å². The zero-order valence-electron chi connectivity index (χ0n) is 44.4. The molecule has 3 fully saturated rings. The van der Waals surface area contributed by atoms with Crippen LogP contribution in [-0.2, 0) is 39.6 Å². The highest BCUT2D eigenvalue weighted by molar-refractivity contribution is 7.13. The van der Waals surface area contributed by atoms with Crippen molar-refractivity contribution in [2.75, 3.05) is 47.5 Å². The van der Waals surface area contributed by atoms with Crippen LogP contribution in [0.15, 0.2) is 36.0 Å². The molecule has 1 aromatic heterocycles. The number of carbonyl (C=O) groups excluding carboxylic acids is 2. The second-order valence-electron chi connectivity index (χ2n) is 21.6. The van der Waals surface area contributed by atoms with Crippen LogP contribution >= 0.6 is 11.3 Å². The lowest BCUT2D eigenvalue weighted by atomic mass is 9.77. The molecule has 19 heteroatoms. The SMILES string of the molecule is CC[C@H]1OC(=O)[C@H](C)[C@@H](O[C@H]2C[C@@](C)(OC)[C@@H](O)[C@H](C)O2)[C@H](C)[C@@H](O[C@H]2C[C@@H](N(C)CCNC(=O)N[C@H](CF)Cc3ccc(-c4cncs4)cc3)C[C@@H](C)O2)[C@](C)(O)C[C@@H](C)CN(C)[C@H](C)[C@@H](O)[C@]1(C)O. The van der Waals surface area contributed by atoms with Crippen LogP contribution in [0.3, 0.4) is 0 Å². The summed E-state index contributed by atoms with van der Waals surface area (Å²) in [6, 6.07) is 6.04. The van der Waals surface area contributed by atoms with E-state index in [0.29, 0.717) is 38.9 Å². The van der Waals surface area contributed by atoms with E-state index in [2.05, 4.69) is 20.5 Å². The number of benzene rings is 1. The molecule has 2 aromatic rings. The van der Waals surface area contributed by atoms with Gasteiger partial charge in [-0.25, -0.2) is 9.18 Å². The molecule has 1 aromatic carbocycles. The molecule has 0 radical (unpaired) electrons. The summed E-state index contributed by atoms with van der Waals surface area (Å²) in [5.41, 5.74) is -0.710. The van der Waals surface area contributed by atoms with E-state index in [-0.39, 0.29) is 37.3 Å². The van der Waals surface area contributed by atoms with Crippen LogP contribution in [0, 0.1) is 17.8 Å². The molecule has 2 amide bonds. The Balaban J connectivity index is 1.34. The molecule has 4 heterocycles. The molecule has 0 unspecified atom stereocenters. The summed E-state index contributed by atoms with van der Waals surface area (Å²) in [6.07, 6.45) is -4.29. The first-order valence-electron chi connectivity index (χ1n) is 25.5. The number of rotatable bonds is 15. The minimum absolute atomic E-state index is 0.0573. The van der Waals surface area contributed by atoms with Gasteiger partial charge in [0.25, 0.3) is 0 Å². The summed E-state index contributed by atoms with van der Waals surface area (Å²) in [5.74, 6) is -2.60. The lowest BCUT2D eigenvalue weighted by Crippen LogP contribution is -2.59. The summed E-state index contributed by atoms with van der Waals surface area (Å²) in [6.45, 7) is 18.3. The lowest BCUT2D eigenvalue weighted by Gasteiger charge is -2.48. The van der Waals surface area contributed by atoms with Crippen LogP contribution in [0.1, 0.15) is 107 Å². The third kappa shape index (κ3) is 15.1. The zero-order valence-corrected chi connectivity index (χ0v) is 45.2. The molecule has 0 bridgehead atoms. The first kappa shape index (κ1) is 59.0. The molecule has 3 aliphatic heterocycles. The summed E-state index contributed by atoms with van der Waals surface area (Å²) < 4.78 is 52.6. The molecule has 0 aliphatic carbocycles. The van der Waals surface area contributed by atoms with Crippen LogP contribution < -0.4 is 10.6 Å². The van der Waals surface area contributed by atoms with E-state index in [1.807, 2.05) is 71.0 Å². The molecule has 5 rings (SSSR count). The van der Waals surface area contributed by atoms with Crippen LogP contribution in [0.4, 0.5) is 9.18 Å². The molecule has 17 nitrogen and oxygen atoms in total. The summed E-state index contributed by atoms with van der Waals surface area (Å²) in [7, 11) is 5.32. The van der Waals surface area contributed by atoms with Gasteiger partial charge in [0.15, 0.2) is 12.6 Å². The Hall–Kier alpha value is -2.92. The number of amides is 2. The number of urea groups is 1. The number of ether oxygens (including phenoxy) is 6. The number of likely N-dealkylation sites (N-methyl/N-ethyl adjacent to an activating group) is 2. The molecule has 404 valence electrons. The number of aliphatic hydroxyl groups is 4. The highest BCUT2D eigenvalue weighted by Crippen LogP contribution is 2.40. The number of halogens is 1. The maximum absolute atomic E-state index is 14.5. The van der Waals surface area contributed by atoms with Crippen LogP contribution in [-0.4, -0.2) is 185 Å². The number of nitrogens with zero attached hydrogens (tertiary/aromatic N) is 3. The summed E-state index contributed by atoms with van der Waals surface area (Å²) >= 11 is 1.54. The number of alkyl halides is 1. The van der Waals surface area contributed by atoms with Gasteiger partial charge in [-0.1, -0.05) is 45.0 Å². The fourth-order valence-electron chi connectivity index (χ4n) is 11.0. The number of hydrogen-bond donors (Lipinski definition) is 6. The van der Waals surface area contributed by atoms with Gasteiger partial charge in [0.2, 0.25) is 0 Å². The van der Waals surface area contributed by atoms with Crippen molar-refractivity contribution in [2.45, 2.75) is 198 Å². The highest BCUT2D eigenvalue weighted by atomic mass is 32.1. The first-order valence-corrected chi connectivity index (χ1v) is 26.4. The number of thiazole rings is 1. The molecular formula is C52H86FN5O12S. The molecular weight excluding hydrogens is 938 g/mol. The van der Waals surface area contributed by atoms with Gasteiger partial charge >= 0.3 is 12.0 Å². The summed E-state index contributed by atoms with van der Waals surface area (Å²) in [5, 5.41) is 53.0. The van der Waals surface area contributed by atoms with Gasteiger partial charge in [0, 0.05) is 63.8 Å². The van der Waals surface area contributed by atoms with Crippen molar-refractivity contribution >= 4 is 23.3 Å². The maximum atomic E-state index is 14.5. The van der Waals surface area contributed by atoms with Gasteiger partial charge in [-0.3, -0.25) is 9.78 Å². The van der Waals surface area contributed by atoms with E-state index in [0.717, 1.165) is 16.0 Å². The topological polar surface area (TPSA) is 214 Å². The minimum atomic E-state index is -1.82. The molecule has 71 heavy (non-hydrogen) atoms. The van der Waals surface area contributed by atoms with E-state index in [4.69, 9.17) is 28.4 Å². The average molecular weight is 1020 g/mol. The first-order chi connectivity index (χ1) is 33.3. The van der Waals surface area contributed by atoms with Gasteiger partial charge < -0.3 is 69.3 Å². The predicted octanol–water partition coefficient (Wildman–Crippen LogP) is 5.30. The molecule has 3 saturated heterocycles. The minimum Gasteiger partial charge on any atom is -0.459 e. The smallest absolute Gasteiger partial charge is 0.315 e. The predicted molar refractivity (Wildman–Crippen MR) is 269 cm³/mol. The van der Waals surface area contributed by atoms with Crippen molar-refractivity contribution in [2.24, 2.45) is 17.8 Å². The van der Waals surface area contributed by atoms with Gasteiger partial charge in [-0.15, -0.1) is 11.3 Å². The lowest BCUT2D eigenvalue weighted by molar-refractivity contribution is -0.308. The van der Waals surface area contributed by atoms with Gasteiger partial charge in [0.1, 0.15) is 30.6 Å². The fourth-order valence-corrected chi connectivity index (χ4v) is 11.6. The molecule has 3 aliphatic rings. The average Bonchev–Trinajstić information content (AvgIpc) is 3.87. The molecule has 18 atom stereocenters. The van der Waals surface area contributed by atoms with E-state index < -0.39 is 109 Å². The Morgan fingerprint density at radius 3 is 2.32 bits per heavy atom. The van der Waals surface area contributed by atoms with Crippen molar-refractivity contribution in [1.82, 2.24) is 25.4 Å². The van der Waals surface area contributed by atoms with Crippen molar-refractivity contribution in [3.8, 4) is 10.4 Å². The number of nitrogens with one attached hydrogen (secondary N) is 2. The number of carbonyl (C=O) groups is 2. The highest BCUT2D eigenvalue weighted by Gasteiger charge is 2.52. The van der Waals surface area contributed by atoms with Crippen molar-refractivity contribution in [3.63, 3.8) is 0 Å². The summed E-state index contributed by atoms with van der Waals surface area (Å²) in [4.78, 5) is 36.7. The largest absolute Gasteiger partial charge is 0.459 e. The number of methoxy groups -OCH3 is 1. The van der Waals surface area contributed by atoms with Crippen LogP contribution in [0.2, 0.25) is 0 Å². The fraction of sp³-hybridized carbons (Fsp3) is 0.788. The van der Waals surface area contributed by atoms with Crippen molar-refractivity contribution in [1.29, 1.82) is 0 Å². The third-order valence-electron chi connectivity index (χ3n) is 15.4. The second kappa shape index (κ2) is 25.5. The third-order valence-corrected chi connectivity index (χ3v) is 16.3. The standard InChI is InChI=1S/C52H86FN5O12S/c1-14-41-52(10,64)45(59)34(6)58(12)28-30(2)24-50(8,63)47(32(4)44(33(5)48(61)68-41)69-43-25-51(9,65-13)46(60)35(7)67-43)70-42-23-39(21-31(3)66-42)57(11)20-19-55-49(62)56-38(26-53)22-36-15-17-37(18-16-36)40-27-54-29-71-40/h15-18,27,29-35,38-39,41-47,59-60,63-64H,14,19-26,28H2,1-13H3,(H2,55,56,62)/t30-,31-,32+,33-,34-,35+,38+,39+,41-,42+,43+,44+,45-,46+,47-,50-,51-,52-/m1/s1. The number of cyclic esters (lactones) is 1. The number of aliphatic hydroxyl groups excluding tert-OH is 2. The van der Waals surface area contributed by atoms with Crippen LogP contribution in [0.25, 0.3) is 10.4 Å². The van der Waals surface area contributed by atoms with Crippen molar-refractivity contribution < 1.29 is 62.8 Å². The maximum Gasteiger partial charge on any atom is 0.315 e. The molecule has 0 spiro atoms. The Labute approximate surface area is 425 Å². The van der Waals surface area contributed by atoms with Crippen molar-refractivity contribution in [3.05, 3.63) is 41.5 Å². The van der Waals surface area contributed by atoms with E-state index in [9.17, 15) is 34.4 Å². The van der Waals surface area contributed by atoms with Crippen LogP contribution in [0.5, 0.6) is 0 Å². The quantitative estimate of drug-likeness (QED) is 0.125. The van der Waals surface area contributed by atoms with Gasteiger partial charge in [-0.05, 0) is 105 Å². The van der Waals surface area contributed by atoms with E-state index in [1.54, 1.807) is 57.7 Å². The molecule has 0 saturated carbocycles. The Morgan fingerprint density at radius 1 is 1.01 bits per heavy atom. The monoisotopic (exact) mass is 1020 g/mol. The molecule has 6 N–H and O–H groups in total. The number of hydrogen-bond acceptors (Lipinski definition) is 16. The van der Waals surface area contributed by atoms with Gasteiger partial charge in [0.05, 0.1) is 58.0 Å². The Kier molecular flexibility index (Phi) is 21.2.